The summed E-state index contributed by atoms with van der Waals surface area (Å²) in [4.78, 5) is 21.4. The standard InChI is InChI=1S/C22H16N2O2/c25-22(17-11-5-2-6-12-17)26-21(16-9-3-1-4-10-16)20-18-13-7-8-14-19(18)23-15-24-20/h1-15,21H. The molecule has 0 saturated carbocycles. The molecule has 3 aromatic carbocycles. The van der Waals surface area contributed by atoms with Crippen molar-refractivity contribution in [2.45, 2.75) is 6.10 Å². The number of para-hydroxylation sites is 1. The fourth-order valence-corrected chi connectivity index (χ4v) is 2.89. The molecule has 26 heavy (non-hydrogen) atoms. The molecular formula is C22H16N2O2. The molecule has 0 N–H and O–H groups in total. The van der Waals surface area contributed by atoms with E-state index in [0.717, 1.165) is 16.5 Å². The van der Waals surface area contributed by atoms with Crippen molar-refractivity contribution in [3.8, 4) is 0 Å². The van der Waals surface area contributed by atoms with E-state index in [4.69, 9.17) is 4.74 Å². The van der Waals surface area contributed by atoms with E-state index < -0.39 is 6.10 Å². The molecule has 126 valence electrons. The van der Waals surface area contributed by atoms with Crippen LogP contribution in [0.3, 0.4) is 0 Å². The number of aromatic nitrogens is 2. The lowest BCUT2D eigenvalue weighted by molar-refractivity contribution is 0.0373. The fourth-order valence-electron chi connectivity index (χ4n) is 2.89. The van der Waals surface area contributed by atoms with Crippen LogP contribution >= 0.6 is 0 Å². The van der Waals surface area contributed by atoms with Gasteiger partial charge in [-0.1, -0.05) is 66.7 Å². The highest BCUT2D eigenvalue weighted by Crippen LogP contribution is 2.30. The van der Waals surface area contributed by atoms with Gasteiger partial charge in [-0.05, 0) is 23.8 Å². The number of hydrogen-bond acceptors (Lipinski definition) is 4. The molecule has 0 radical (unpaired) electrons. The van der Waals surface area contributed by atoms with Gasteiger partial charge < -0.3 is 4.74 Å². The second-order valence-corrected chi connectivity index (χ2v) is 5.84. The van der Waals surface area contributed by atoms with E-state index in [0.29, 0.717) is 11.3 Å². The summed E-state index contributed by atoms with van der Waals surface area (Å²) >= 11 is 0. The van der Waals surface area contributed by atoms with E-state index in [1.165, 1.54) is 6.33 Å². The average Bonchev–Trinajstić information content (AvgIpc) is 2.73. The van der Waals surface area contributed by atoms with Gasteiger partial charge in [0.15, 0.2) is 6.10 Å². The Morgan fingerprint density at radius 2 is 1.42 bits per heavy atom. The third kappa shape index (κ3) is 3.17. The second kappa shape index (κ2) is 7.15. The van der Waals surface area contributed by atoms with E-state index in [1.54, 1.807) is 12.1 Å². The molecule has 1 heterocycles. The first-order valence-corrected chi connectivity index (χ1v) is 8.33. The monoisotopic (exact) mass is 340 g/mol. The van der Waals surface area contributed by atoms with E-state index in [-0.39, 0.29) is 5.97 Å². The van der Waals surface area contributed by atoms with Gasteiger partial charge in [-0.2, -0.15) is 0 Å². The normalized spacial score (nSPS) is 11.8. The van der Waals surface area contributed by atoms with E-state index in [2.05, 4.69) is 9.97 Å². The van der Waals surface area contributed by atoms with Gasteiger partial charge in [0.25, 0.3) is 0 Å². The summed E-state index contributed by atoms with van der Waals surface area (Å²) < 4.78 is 5.89. The molecule has 0 spiro atoms. The molecule has 1 aromatic heterocycles. The molecule has 4 rings (SSSR count). The van der Waals surface area contributed by atoms with Crippen LogP contribution in [0.1, 0.15) is 27.7 Å². The lowest BCUT2D eigenvalue weighted by Gasteiger charge is -2.19. The number of carbonyl (C=O) groups excluding carboxylic acids is 1. The first-order chi connectivity index (χ1) is 12.8. The summed E-state index contributed by atoms with van der Waals surface area (Å²) in [7, 11) is 0. The molecule has 4 nitrogen and oxygen atoms in total. The Kier molecular flexibility index (Phi) is 4.39. The molecule has 1 unspecified atom stereocenters. The first kappa shape index (κ1) is 16.0. The van der Waals surface area contributed by atoms with Crippen molar-refractivity contribution >= 4 is 16.9 Å². The molecular weight excluding hydrogens is 324 g/mol. The molecule has 0 bridgehead atoms. The zero-order valence-electron chi connectivity index (χ0n) is 13.9. The highest BCUT2D eigenvalue weighted by molar-refractivity contribution is 5.90. The summed E-state index contributed by atoms with van der Waals surface area (Å²) in [6.07, 6.45) is 0.890. The van der Waals surface area contributed by atoms with E-state index >= 15 is 0 Å². The van der Waals surface area contributed by atoms with Crippen molar-refractivity contribution in [1.29, 1.82) is 0 Å². The average molecular weight is 340 g/mol. The van der Waals surface area contributed by atoms with Gasteiger partial charge in [0.05, 0.1) is 16.8 Å². The van der Waals surface area contributed by atoms with Crippen molar-refractivity contribution in [1.82, 2.24) is 9.97 Å². The SMILES string of the molecule is O=C(OC(c1ccccc1)c1ncnc2ccccc12)c1ccccc1. The van der Waals surface area contributed by atoms with E-state index in [1.807, 2.05) is 72.8 Å². The highest BCUT2D eigenvalue weighted by Gasteiger charge is 2.23. The maximum atomic E-state index is 12.7. The molecule has 0 aliphatic carbocycles. The summed E-state index contributed by atoms with van der Waals surface area (Å²) in [5, 5.41) is 0.865. The number of ether oxygens (including phenoxy) is 1. The topological polar surface area (TPSA) is 52.1 Å². The minimum absolute atomic E-state index is 0.387. The third-order valence-corrected chi connectivity index (χ3v) is 4.16. The molecule has 0 saturated heterocycles. The predicted molar refractivity (Wildman–Crippen MR) is 99.7 cm³/mol. The van der Waals surface area contributed by atoms with E-state index in [9.17, 15) is 4.79 Å². The predicted octanol–water partition coefficient (Wildman–Crippen LogP) is 4.58. The molecule has 0 aliphatic heterocycles. The molecule has 0 fully saturated rings. The summed E-state index contributed by atoms with van der Waals surface area (Å²) in [6.45, 7) is 0. The summed E-state index contributed by atoms with van der Waals surface area (Å²) in [5.74, 6) is -0.387. The maximum Gasteiger partial charge on any atom is 0.339 e. The number of benzene rings is 3. The Balaban J connectivity index is 1.80. The molecule has 4 heteroatoms. The van der Waals surface area contributed by atoms with Crippen molar-refractivity contribution in [3.63, 3.8) is 0 Å². The second-order valence-electron chi connectivity index (χ2n) is 5.84. The van der Waals surface area contributed by atoms with Crippen LogP contribution in [0.15, 0.2) is 91.3 Å². The van der Waals surface area contributed by atoms with Gasteiger partial charge in [0.1, 0.15) is 6.33 Å². The van der Waals surface area contributed by atoms with Crippen molar-refractivity contribution in [3.05, 3.63) is 108 Å². The minimum Gasteiger partial charge on any atom is -0.447 e. The first-order valence-electron chi connectivity index (χ1n) is 8.33. The molecule has 0 amide bonds. The van der Waals surface area contributed by atoms with Crippen LogP contribution in [0.5, 0.6) is 0 Å². The minimum atomic E-state index is -0.614. The number of hydrogen-bond donors (Lipinski definition) is 0. The number of esters is 1. The van der Waals surface area contributed by atoms with Crippen LogP contribution in [-0.2, 0) is 4.74 Å². The fraction of sp³-hybridized carbons (Fsp3) is 0.0455. The van der Waals surface area contributed by atoms with Crippen LogP contribution in [-0.4, -0.2) is 15.9 Å². The van der Waals surface area contributed by atoms with Crippen LogP contribution < -0.4 is 0 Å². The quantitative estimate of drug-likeness (QED) is 0.510. The lowest BCUT2D eigenvalue weighted by Crippen LogP contribution is -2.14. The largest absolute Gasteiger partial charge is 0.447 e. The number of carbonyl (C=O) groups is 1. The highest BCUT2D eigenvalue weighted by atomic mass is 16.5. The van der Waals surface area contributed by atoms with Crippen molar-refractivity contribution in [2.24, 2.45) is 0 Å². The Bertz CT molecular complexity index is 1030. The van der Waals surface area contributed by atoms with Crippen LogP contribution in [0, 0.1) is 0 Å². The van der Waals surface area contributed by atoms with Gasteiger partial charge in [-0.3, -0.25) is 0 Å². The maximum absolute atomic E-state index is 12.7. The van der Waals surface area contributed by atoms with Crippen LogP contribution in [0.25, 0.3) is 10.9 Å². The van der Waals surface area contributed by atoms with Gasteiger partial charge in [0.2, 0.25) is 0 Å². The van der Waals surface area contributed by atoms with Gasteiger partial charge in [-0.15, -0.1) is 0 Å². The Morgan fingerprint density at radius 1 is 0.769 bits per heavy atom. The summed E-state index contributed by atoms with van der Waals surface area (Å²) in [5.41, 5.74) is 2.85. The van der Waals surface area contributed by atoms with Gasteiger partial charge in [-0.25, -0.2) is 14.8 Å². The van der Waals surface area contributed by atoms with Crippen molar-refractivity contribution in [2.75, 3.05) is 0 Å². The molecule has 0 aliphatic rings. The third-order valence-electron chi connectivity index (χ3n) is 4.16. The zero-order valence-corrected chi connectivity index (χ0v) is 13.9. The summed E-state index contributed by atoms with van der Waals surface area (Å²) in [6, 6.07) is 26.3. The molecule has 1 atom stereocenters. The van der Waals surface area contributed by atoms with Gasteiger partial charge in [0, 0.05) is 5.39 Å². The Labute approximate surface area is 151 Å². The number of nitrogens with zero attached hydrogens (tertiary/aromatic N) is 2. The van der Waals surface area contributed by atoms with Crippen molar-refractivity contribution < 1.29 is 9.53 Å². The lowest BCUT2D eigenvalue weighted by atomic mass is 10.0. The number of fused-ring (bicyclic) bond motifs is 1. The molecule has 4 aromatic rings. The number of rotatable bonds is 4. The van der Waals surface area contributed by atoms with Crippen LogP contribution in [0.2, 0.25) is 0 Å². The van der Waals surface area contributed by atoms with Crippen LogP contribution in [0.4, 0.5) is 0 Å². The van der Waals surface area contributed by atoms with Gasteiger partial charge >= 0.3 is 5.97 Å². The smallest absolute Gasteiger partial charge is 0.339 e. The Morgan fingerprint density at radius 3 is 2.19 bits per heavy atom. The zero-order chi connectivity index (χ0) is 17.8. The Hall–Kier alpha value is -3.53.